The monoisotopic (exact) mass is 306 g/mol. The van der Waals surface area contributed by atoms with E-state index in [2.05, 4.69) is 17.2 Å². The Hall–Kier alpha value is -1.81. The second-order valence-electron chi connectivity index (χ2n) is 3.81. The van der Waals surface area contributed by atoms with Gasteiger partial charge in [-0.15, -0.1) is 22.7 Å². The first-order chi connectivity index (χ1) is 9.72. The topological polar surface area (TPSA) is 64.3 Å². The van der Waals surface area contributed by atoms with Crippen molar-refractivity contribution in [2.75, 3.05) is 13.7 Å². The molecule has 4 nitrogen and oxygen atoms in total. The molecule has 0 spiro atoms. The lowest BCUT2D eigenvalue weighted by Gasteiger charge is -2.00. The molecule has 0 aliphatic heterocycles. The second kappa shape index (κ2) is 7.10. The SMILES string of the molecule is COc1csc(C(=O)NCc2ccc(C#CCN)s2)c1. The van der Waals surface area contributed by atoms with Crippen molar-refractivity contribution in [3.05, 3.63) is 38.2 Å². The van der Waals surface area contributed by atoms with Gasteiger partial charge in [0, 0.05) is 16.3 Å². The summed E-state index contributed by atoms with van der Waals surface area (Å²) in [5.74, 6) is 6.39. The lowest BCUT2D eigenvalue weighted by molar-refractivity contribution is 0.0955. The summed E-state index contributed by atoms with van der Waals surface area (Å²) < 4.78 is 5.06. The number of carbonyl (C=O) groups is 1. The number of hydrogen-bond donors (Lipinski definition) is 2. The molecule has 104 valence electrons. The molecule has 0 fully saturated rings. The number of amides is 1. The molecule has 0 saturated heterocycles. The number of hydrogen-bond acceptors (Lipinski definition) is 5. The largest absolute Gasteiger partial charge is 0.496 e. The van der Waals surface area contributed by atoms with Gasteiger partial charge in [0.2, 0.25) is 0 Å². The summed E-state index contributed by atoms with van der Waals surface area (Å²) in [7, 11) is 1.58. The number of ether oxygens (including phenoxy) is 1. The maximum absolute atomic E-state index is 11.9. The molecule has 0 aliphatic rings. The summed E-state index contributed by atoms with van der Waals surface area (Å²) >= 11 is 2.92. The lowest BCUT2D eigenvalue weighted by atomic mass is 10.4. The highest BCUT2D eigenvalue weighted by Gasteiger charge is 2.09. The van der Waals surface area contributed by atoms with E-state index in [4.69, 9.17) is 10.5 Å². The molecule has 0 bridgehead atoms. The molecule has 20 heavy (non-hydrogen) atoms. The molecular weight excluding hydrogens is 292 g/mol. The second-order valence-corrected chi connectivity index (χ2v) is 5.88. The van der Waals surface area contributed by atoms with E-state index >= 15 is 0 Å². The molecular formula is C14H14N2O2S2. The van der Waals surface area contributed by atoms with Crippen molar-refractivity contribution in [3.8, 4) is 17.6 Å². The van der Waals surface area contributed by atoms with Crippen molar-refractivity contribution in [1.82, 2.24) is 5.32 Å². The van der Waals surface area contributed by atoms with E-state index in [1.54, 1.807) is 29.9 Å². The minimum Gasteiger partial charge on any atom is -0.496 e. The van der Waals surface area contributed by atoms with E-state index in [1.807, 2.05) is 12.1 Å². The van der Waals surface area contributed by atoms with E-state index in [9.17, 15) is 4.79 Å². The highest BCUT2D eigenvalue weighted by atomic mass is 32.1. The molecule has 3 N–H and O–H groups in total. The first kappa shape index (κ1) is 14.6. The highest BCUT2D eigenvalue weighted by molar-refractivity contribution is 7.12. The highest BCUT2D eigenvalue weighted by Crippen LogP contribution is 2.21. The van der Waals surface area contributed by atoms with Crippen molar-refractivity contribution in [2.24, 2.45) is 5.73 Å². The van der Waals surface area contributed by atoms with Crippen molar-refractivity contribution >= 4 is 28.6 Å². The normalized spacial score (nSPS) is 9.70. The van der Waals surface area contributed by atoms with Crippen LogP contribution < -0.4 is 15.8 Å². The van der Waals surface area contributed by atoms with Gasteiger partial charge in [-0.2, -0.15) is 0 Å². The Balaban J connectivity index is 1.91. The van der Waals surface area contributed by atoms with Gasteiger partial charge in [0.05, 0.1) is 30.0 Å². The van der Waals surface area contributed by atoms with Crippen LogP contribution in [0.3, 0.4) is 0 Å². The van der Waals surface area contributed by atoms with Gasteiger partial charge >= 0.3 is 0 Å². The summed E-state index contributed by atoms with van der Waals surface area (Å²) in [4.78, 5) is 14.6. The number of methoxy groups -OCH3 is 1. The van der Waals surface area contributed by atoms with Crippen LogP contribution in [-0.4, -0.2) is 19.6 Å². The summed E-state index contributed by atoms with van der Waals surface area (Å²) in [5.41, 5.74) is 5.32. The van der Waals surface area contributed by atoms with Crippen LogP contribution in [0.25, 0.3) is 0 Å². The van der Waals surface area contributed by atoms with Crippen molar-refractivity contribution < 1.29 is 9.53 Å². The minimum absolute atomic E-state index is 0.0960. The molecule has 0 aliphatic carbocycles. The predicted octanol–water partition coefficient (Wildman–Crippen LogP) is 2.06. The molecule has 2 heterocycles. The van der Waals surface area contributed by atoms with Crippen LogP contribution in [0.5, 0.6) is 5.75 Å². The van der Waals surface area contributed by atoms with E-state index in [0.717, 1.165) is 9.75 Å². The maximum atomic E-state index is 11.9. The smallest absolute Gasteiger partial charge is 0.261 e. The van der Waals surface area contributed by atoms with Crippen LogP contribution in [0.15, 0.2) is 23.6 Å². The molecule has 0 aromatic carbocycles. The van der Waals surface area contributed by atoms with Gasteiger partial charge in [-0.3, -0.25) is 4.79 Å². The third kappa shape index (κ3) is 3.84. The Kier molecular flexibility index (Phi) is 5.18. The fourth-order valence-corrected chi connectivity index (χ4v) is 3.07. The summed E-state index contributed by atoms with van der Waals surface area (Å²) in [5, 5.41) is 4.68. The average molecular weight is 306 g/mol. The number of nitrogens with one attached hydrogen (secondary N) is 1. The fourth-order valence-electron chi connectivity index (χ4n) is 1.48. The standard InChI is InChI=1S/C14H14N2O2S2/c1-18-10-7-13(19-9-10)14(17)16-8-12-5-4-11(20-12)3-2-6-15/h4-5,7,9H,6,8,15H2,1H3,(H,16,17). The van der Waals surface area contributed by atoms with Gasteiger partial charge in [0.25, 0.3) is 5.91 Å². The van der Waals surface area contributed by atoms with Crippen LogP contribution in [0.2, 0.25) is 0 Å². The average Bonchev–Trinajstić information content (AvgIpc) is 3.11. The molecule has 6 heteroatoms. The van der Waals surface area contributed by atoms with Crippen molar-refractivity contribution in [2.45, 2.75) is 6.54 Å². The van der Waals surface area contributed by atoms with E-state index in [0.29, 0.717) is 23.7 Å². The van der Waals surface area contributed by atoms with E-state index < -0.39 is 0 Å². The summed E-state index contributed by atoms with van der Waals surface area (Å²) in [6.45, 7) is 0.845. The van der Waals surface area contributed by atoms with Gasteiger partial charge in [0.1, 0.15) is 5.75 Å². The quantitative estimate of drug-likeness (QED) is 0.850. The zero-order valence-electron chi connectivity index (χ0n) is 10.9. The maximum Gasteiger partial charge on any atom is 0.261 e. The van der Waals surface area contributed by atoms with Crippen molar-refractivity contribution in [1.29, 1.82) is 0 Å². The van der Waals surface area contributed by atoms with Gasteiger partial charge in [-0.1, -0.05) is 11.8 Å². The van der Waals surface area contributed by atoms with Crippen LogP contribution in [0, 0.1) is 11.8 Å². The molecule has 0 atom stereocenters. The lowest BCUT2D eigenvalue weighted by Crippen LogP contribution is -2.21. The number of nitrogens with two attached hydrogens (primary N) is 1. The Labute approximate surface area is 125 Å². The number of carbonyl (C=O) groups excluding carboxylic acids is 1. The zero-order valence-corrected chi connectivity index (χ0v) is 12.6. The third-order valence-corrected chi connectivity index (χ3v) is 4.34. The summed E-state index contributed by atoms with van der Waals surface area (Å²) in [6, 6.07) is 5.62. The van der Waals surface area contributed by atoms with Gasteiger partial charge in [-0.05, 0) is 12.1 Å². The van der Waals surface area contributed by atoms with Crippen LogP contribution in [0.4, 0.5) is 0 Å². The summed E-state index contributed by atoms with van der Waals surface area (Å²) in [6.07, 6.45) is 0. The molecule has 0 saturated carbocycles. The fraction of sp³-hybridized carbons (Fsp3) is 0.214. The molecule has 0 unspecified atom stereocenters. The molecule has 1 amide bonds. The van der Waals surface area contributed by atoms with E-state index in [1.165, 1.54) is 11.3 Å². The molecule has 0 radical (unpaired) electrons. The Morgan fingerprint density at radius 2 is 2.35 bits per heavy atom. The van der Waals surface area contributed by atoms with Crippen molar-refractivity contribution in [3.63, 3.8) is 0 Å². The van der Waals surface area contributed by atoms with Gasteiger partial charge < -0.3 is 15.8 Å². The Morgan fingerprint density at radius 1 is 1.50 bits per heavy atom. The first-order valence-electron chi connectivity index (χ1n) is 5.91. The Morgan fingerprint density at radius 3 is 3.05 bits per heavy atom. The van der Waals surface area contributed by atoms with Crippen LogP contribution in [0.1, 0.15) is 19.4 Å². The molecule has 2 aromatic heterocycles. The Bertz CT molecular complexity index is 649. The van der Waals surface area contributed by atoms with Gasteiger partial charge in [0.15, 0.2) is 0 Å². The minimum atomic E-state index is -0.0960. The predicted molar refractivity (Wildman–Crippen MR) is 82.3 cm³/mol. The third-order valence-electron chi connectivity index (χ3n) is 2.43. The zero-order chi connectivity index (χ0) is 14.4. The van der Waals surface area contributed by atoms with E-state index in [-0.39, 0.29) is 5.91 Å². The number of thiophene rings is 2. The molecule has 2 rings (SSSR count). The van der Waals surface area contributed by atoms with Gasteiger partial charge in [-0.25, -0.2) is 0 Å². The molecule has 2 aromatic rings. The van der Waals surface area contributed by atoms with Crippen LogP contribution >= 0.6 is 22.7 Å². The van der Waals surface area contributed by atoms with Crippen LogP contribution in [-0.2, 0) is 6.54 Å². The number of rotatable bonds is 4. The first-order valence-corrected chi connectivity index (χ1v) is 7.61.